The molecule has 0 spiro atoms. The van der Waals surface area contributed by atoms with Crippen LogP contribution in [0.4, 0.5) is 11.4 Å². The summed E-state index contributed by atoms with van der Waals surface area (Å²) in [5.41, 5.74) is -0.778. The summed E-state index contributed by atoms with van der Waals surface area (Å²) in [6, 6.07) is 0.650. The highest BCUT2D eigenvalue weighted by Crippen LogP contribution is 2.24. The third kappa shape index (κ3) is 3.29. The molecule has 8 heteroatoms. The number of anilines is 1. The Bertz CT molecular complexity index is 994. The van der Waals surface area contributed by atoms with Crippen LogP contribution in [0.15, 0.2) is 58.2 Å². The standard InChI is InChI=1S/C14H12N2O5S/c1-10(17)15-11-2-6-13(7-3-11)22(20,21)14-8-4-12(5-9-14)16(18)19/h2-9H,1H3,(H,15,17)/i2D,3D,6D,7D. The molecule has 0 aliphatic heterocycles. The van der Waals surface area contributed by atoms with Crippen molar-refractivity contribution in [3.05, 3.63) is 58.5 Å². The van der Waals surface area contributed by atoms with E-state index in [-0.39, 0.29) is 5.69 Å². The average Bonchev–Trinajstić information content (AvgIpc) is 2.56. The van der Waals surface area contributed by atoms with Gasteiger partial charge in [0.2, 0.25) is 15.7 Å². The second kappa shape index (κ2) is 5.94. The number of nitro groups is 1. The van der Waals surface area contributed by atoms with E-state index in [1.807, 2.05) is 0 Å². The van der Waals surface area contributed by atoms with Gasteiger partial charge in [0, 0.05) is 24.7 Å². The molecule has 2 rings (SSSR count). The lowest BCUT2D eigenvalue weighted by molar-refractivity contribution is -0.384. The number of rotatable bonds is 4. The van der Waals surface area contributed by atoms with Gasteiger partial charge in [-0.25, -0.2) is 8.42 Å². The number of nitrogens with zero attached hydrogens (tertiary/aromatic N) is 1. The fourth-order valence-corrected chi connectivity index (χ4v) is 2.64. The summed E-state index contributed by atoms with van der Waals surface area (Å²) in [5, 5.41) is 12.8. The Kier molecular flexibility index (Phi) is 2.95. The summed E-state index contributed by atoms with van der Waals surface area (Å²) in [4.78, 5) is 19.8. The van der Waals surface area contributed by atoms with Gasteiger partial charge in [0.15, 0.2) is 0 Å². The Morgan fingerprint density at radius 3 is 2.14 bits per heavy atom. The van der Waals surface area contributed by atoms with Crippen molar-refractivity contribution >= 4 is 27.1 Å². The summed E-state index contributed by atoms with van der Waals surface area (Å²) in [6.45, 7) is 1.10. The first kappa shape index (κ1) is 10.9. The number of carbonyl (C=O) groups is 1. The molecule has 114 valence electrons. The molecule has 0 bridgehead atoms. The zero-order chi connectivity index (χ0) is 19.8. The zero-order valence-electron chi connectivity index (χ0n) is 15.2. The number of hydrogen-bond donors (Lipinski definition) is 1. The molecule has 0 aliphatic carbocycles. The molecule has 2 aromatic rings. The third-order valence-electron chi connectivity index (χ3n) is 2.53. The maximum Gasteiger partial charge on any atom is 0.269 e. The Labute approximate surface area is 132 Å². The molecule has 0 unspecified atom stereocenters. The normalized spacial score (nSPS) is 13.5. The fraction of sp³-hybridized carbons (Fsp3) is 0.0714. The second-order valence-electron chi connectivity index (χ2n) is 4.14. The molecule has 0 aliphatic rings. The first-order valence-electron chi connectivity index (χ1n) is 7.86. The van der Waals surface area contributed by atoms with Crippen molar-refractivity contribution < 1.29 is 23.6 Å². The van der Waals surface area contributed by atoms with Crippen LogP contribution in [0.1, 0.15) is 12.4 Å². The molecule has 22 heavy (non-hydrogen) atoms. The van der Waals surface area contributed by atoms with Gasteiger partial charge < -0.3 is 5.32 Å². The van der Waals surface area contributed by atoms with E-state index in [1.165, 1.54) is 0 Å². The molecule has 7 nitrogen and oxygen atoms in total. The highest BCUT2D eigenvalue weighted by atomic mass is 32.2. The minimum atomic E-state index is -4.48. The van der Waals surface area contributed by atoms with Gasteiger partial charge in [-0.05, 0) is 36.3 Å². The largest absolute Gasteiger partial charge is 0.326 e. The minimum absolute atomic E-state index is 0.343. The number of amides is 1. The summed E-state index contributed by atoms with van der Waals surface area (Å²) in [6.07, 6.45) is 0. The lowest BCUT2D eigenvalue weighted by atomic mass is 10.3. The van der Waals surface area contributed by atoms with Crippen molar-refractivity contribution in [2.45, 2.75) is 16.7 Å². The van der Waals surface area contributed by atoms with Crippen LogP contribution in [0.2, 0.25) is 0 Å². The maximum absolute atomic E-state index is 12.7. The highest BCUT2D eigenvalue weighted by Gasteiger charge is 2.18. The topological polar surface area (TPSA) is 106 Å². The van der Waals surface area contributed by atoms with Crippen LogP contribution in [-0.2, 0) is 14.6 Å². The number of benzene rings is 2. The number of nitro benzene ring substituents is 1. The molecule has 1 amide bonds. The molecule has 0 aromatic heterocycles. The molecule has 0 fully saturated rings. The molecular weight excluding hydrogens is 308 g/mol. The molecule has 2 aromatic carbocycles. The summed E-state index contributed by atoms with van der Waals surface area (Å²) in [7, 11) is -4.48. The van der Waals surface area contributed by atoms with E-state index in [1.54, 1.807) is 0 Å². The fourth-order valence-electron chi connectivity index (χ4n) is 1.54. The zero-order valence-corrected chi connectivity index (χ0v) is 12.0. The van der Waals surface area contributed by atoms with Crippen LogP contribution in [0, 0.1) is 10.1 Å². The van der Waals surface area contributed by atoms with Gasteiger partial charge in [0.1, 0.15) is 0 Å². The SMILES string of the molecule is [2H]c1c([2H])c(S(=O)(=O)c2ccc([N+](=O)[O-])cc2)c([2H])c([2H])c1NC(C)=O. The summed E-state index contributed by atoms with van der Waals surface area (Å²) in [5.74, 6) is -0.642. The molecule has 0 atom stereocenters. The molecule has 0 saturated heterocycles. The van der Waals surface area contributed by atoms with Crippen LogP contribution in [-0.4, -0.2) is 19.2 Å². The van der Waals surface area contributed by atoms with E-state index in [0.717, 1.165) is 31.2 Å². The predicted molar refractivity (Wildman–Crippen MR) is 79.3 cm³/mol. The quantitative estimate of drug-likeness (QED) is 0.686. The van der Waals surface area contributed by atoms with Gasteiger partial charge in [-0.15, -0.1) is 0 Å². The first-order chi connectivity index (χ1) is 12.0. The number of carbonyl (C=O) groups excluding carboxylic acids is 1. The van der Waals surface area contributed by atoms with Crippen LogP contribution in [0.5, 0.6) is 0 Å². The van der Waals surface area contributed by atoms with E-state index in [9.17, 15) is 23.3 Å². The van der Waals surface area contributed by atoms with Crippen molar-refractivity contribution in [3.8, 4) is 0 Å². The first-order valence-corrected chi connectivity index (χ1v) is 7.34. The van der Waals surface area contributed by atoms with Gasteiger partial charge in [-0.1, -0.05) is 0 Å². The van der Waals surface area contributed by atoms with Gasteiger partial charge in [-0.3, -0.25) is 14.9 Å². The van der Waals surface area contributed by atoms with Crippen molar-refractivity contribution in [1.29, 1.82) is 0 Å². The van der Waals surface area contributed by atoms with Crippen molar-refractivity contribution in [2.75, 3.05) is 5.32 Å². The van der Waals surface area contributed by atoms with Gasteiger partial charge >= 0.3 is 0 Å². The highest BCUT2D eigenvalue weighted by molar-refractivity contribution is 7.91. The van der Waals surface area contributed by atoms with Gasteiger partial charge in [0.05, 0.1) is 20.2 Å². The number of sulfone groups is 1. The van der Waals surface area contributed by atoms with Crippen molar-refractivity contribution in [2.24, 2.45) is 0 Å². The van der Waals surface area contributed by atoms with E-state index >= 15 is 0 Å². The van der Waals surface area contributed by atoms with Crippen LogP contribution in [0.25, 0.3) is 0 Å². The Morgan fingerprint density at radius 1 is 1.14 bits per heavy atom. The Morgan fingerprint density at radius 2 is 1.68 bits per heavy atom. The number of nitrogens with one attached hydrogen (secondary N) is 1. The van der Waals surface area contributed by atoms with Crippen molar-refractivity contribution in [3.63, 3.8) is 0 Å². The van der Waals surface area contributed by atoms with E-state index < -0.39 is 60.3 Å². The van der Waals surface area contributed by atoms with E-state index in [2.05, 4.69) is 5.32 Å². The lowest BCUT2D eigenvalue weighted by Crippen LogP contribution is -2.06. The summed E-state index contributed by atoms with van der Waals surface area (Å²) < 4.78 is 57.0. The van der Waals surface area contributed by atoms with Crippen LogP contribution in [0.3, 0.4) is 0 Å². The molecule has 1 N–H and O–H groups in total. The average molecular weight is 324 g/mol. The Hall–Kier alpha value is -2.74. The molecule has 0 saturated carbocycles. The van der Waals surface area contributed by atoms with E-state index in [4.69, 9.17) is 5.48 Å². The molecule has 0 heterocycles. The monoisotopic (exact) mass is 324 g/mol. The maximum atomic E-state index is 12.7. The van der Waals surface area contributed by atoms with E-state index in [0.29, 0.717) is 0 Å². The second-order valence-corrected chi connectivity index (χ2v) is 6.03. The molecule has 0 radical (unpaired) electrons. The summed E-state index contributed by atoms with van der Waals surface area (Å²) >= 11 is 0. The van der Waals surface area contributed by atoms with Crippen LogP contribution >= 0.6 is 0 Å². The minimum Gasteiger partial charge on any atom is -0.326 e. The Balaban J connectivity index is 2.70. The number of hydrogen-bond acceptors (Lipinski definition) is 5. The number of non-ortho nitro benzene ring substituents is 1. The van der Waals surface area contributed by atoms with Gasteiger partial charge in [-0.2, -0.15) is 0 Å². The lowest BCUT2D eigenvalue weighted by Gasteiger charge is -2.06. The predicted octanol–water partition coefficient (Wildman–Crippen LogP) is 2.39. The van der Waals surface area contributed by atoms with Gasteiger partial charge in [0.25, 0.3) is 5.69 Å². The molecular formula is C14H12N2O5S. The van der Waals surface area contributed by atoms with Crippen LogP contribution < -0.4 is 5.32 Å². The third-order valence-corrected chi connectivity index (χ3v) is 4.16. The van der Waals surface area contributed by atoms with Crippen molar-refractivity contribution in [1.82, 2.24) is 0 Å². The smallest absolute Gasteiger partial charge is 0.269 e.